The standard InChI is InChI=1S/C19H21N3O4S/c23-18(20-12-6-14-26-15-7-2-1-3-8-15)11-13-21-19-16-9-4-5-10-17(16)27(24,25)22-19/h1-5,7-10H,6,11-14H2,(H,20,23)(H,21,22). The Bertz CT molecular complexity index is 927. The van der Waals surface area contributed by atoms with E-state index in [-0.39, 0.29) is 29.6 Å². The lowest BCUT2D eigenvalue weighted by Crippen LogP contribution is -2.26. The van der Waals surface area contributed by atoms with E-state index in [2.05, 4.69) is 15.0 Å². The number of fused-ring (bicyclic) bond motifs is 1. The SMILES string of the molecule is O=C(CCN=C1NS(=O)(=O)c2ccccc21)NCCCOc1ccccc1. The molecule has 8 heteroatoms. The summed E-state index contributed by atoms with van der Waals surface area (Å²) in [7, 11) is -3.54. The van der Waals surface area contributed by atoms with E-state index < -0.39 is 10.0 Å². The quantitative estimate of drug-likeness (QED) is 0.674. The number of nitrogens with one attached hydrogen (secondary N) is 2. The Labute approximate surface area is 158 Å². The van der Waals surface area contributed by atoms with Gasteiger partial charge in [0.05, 0.1) is 18.0 Å². The predicted octanol–water partition coefficient (Wildman–Crippen LogP) is 1.70. The summed E-state index contributed by atoms with van der Waals surface area (Å²) >= 11 is 0. The number of amidine groups is 1. The molecular weight excluding hydrogens is 366 g/mol. The van der Waals surface area contributed by atoms with E-state index in [4.69, 9.17) is 4.74 Å². The highest BCUT2D eigenvalue weighted by atomic mass is 32.2. The average molecular weight is 387 g/mol. The highest BCUT2D eigenvalue weighted by molar-refractivity contribution is 7.90. The highest BCUT2D eigenvalue weighted by Crippen LogP contribution is 2.22. The second-order valence-corrected chi connectivity index (χ2v) is 7.60. The van der Waals surface area contributed by atoms with E-state index in [1.54, 1.807) is 18.2 Å². The Morgan fingerprint density at radius 1 is 1.07 bits per heavy atom. The topological polar surface area (TPSA) is 96.9 Å². The van der Waals surface area contributed by atoms with Crippen molar-refractivity contribution >= 4 is 21.8 Å². The van der Waals surface area contributed by atoms with Gasteiger partial charge < -0.3 is 10.1 Å². The Kier molecular flexibility index (Phi) is 6.08. The summed E-state index contributed by atoms with van der Waals surface area (Å²) in [6.07, 6.45) is 0.884. The van der Waals surface area contributed by atoms with Gasteiger partial charge in [0, 0.05) is 18.5 Å². The Balaban J connectivity index is 1.38. The molecule has 142 valence electrons. The number of ether oxygens (including phenoxy) is 1. The number of aliphatic imine (C=N–C) groups is 1. The van der Waals surface area contributed by atoms with Crippen molar-refractivity contribution in [1.29, 1.82) is 0 Å². The molecule has 1 aliphatic heterocycles. The van der Waals surface area contributed by atoms with E-state index in [9.17, 15) is 13.2 Å². The van der Waals surface area contributed by atoms with Gasteiger partial charge in [0.15, 0.2) is 0 Å². The molecule has 0 aliphatic carbocycles. The van der Waals surface area contributed by atoms with Crippen molar-refractivity contribution in [3.05, 3.63) is 60.2 Å². The van der Waals surface area contributed by atoms with Crippen molar-refractivity contribution in [2.75, 3.05) is 19.7 Å². The van der Waals surface area contributed by atoms with Gasteiger partial charge in [-0.2, -0.15) is 0 Å². The van der Waals surface area contributed by atoms with Crippen LogP contribution in [0.4, 0.5) is 0 Å². The minimum absolute atomic E-state index is 0.131. The molecule has 0 atom stereocenters. The van der Waals surface area contributed by atoms with Gasteiger partial charge in [0.25, 0.3) is 10.0 Å². The third-order valence-corrected chi connectivity index (χ3v) is 5.32. The first-order valence-corrected chi connectivity index (χ1v) is 10.2. The number of sulfonamides is 1. The first-order valence-electron chi connectivity index (χ1n) is 8.67. The number of carbonyl (C=O) groups excluding carboxylic acids is 1. The minimum atomic E-state index is -3.54. The van der Waals surface area contributed by atoms with Crippen LogP contribution in [0.1, 0.15) is 18.4 Å². The lowest BCUT2D eigenvalue weighted by molar-refractivity contribution is -0.120. The van der Waals surface area contributed by atoms with E-state index >= 15 is 0 Å². The van der Waals surface area contributed by atoms with E-state index in [0.717, 1.165) is 5.75 Å². The number of hydrogen-bond donors (Lipinski definition) is 2. The van der Waals surface area contributed by atoms with Gasteiger partial charge in [0.1, 0.15) is 11.6 Å². The second kappa shape index (κ2) is 8.68. The summed E-state index contributed by atoms with van der Waals surface area (Å²) < 4.78 is 31.9. The van der Waals surface area contributed by atoms with Crippen LogP contribution in [0.25, 0.3) is 0 Å². The van der Waals surface area contributed by atoms with Crippen LogP contribution >= 0.6 is 0 Å². The maximum Gasteiger partial charge on any atom is 0.263 e. The third-order valence-electron chi connectivity index (χ3n) is 3.93. The molecule has 3 rings (SSSR count). The zero-order valence-electron chi connectivity index (χ0n) is 14.7. The Morgan fingerprint density at radius 3 is 2.63 bits per heavy atom. The molecule has 1 heterocycles. The van der Waals surface area contributed by atoms with Crippen LogP contribution in [0.5, 0.6) is 5.75 Å². The average Bonchev–Trinajstić information content (AvgIpc) is 2.93. The molecule has 0 bridgehead atoms. The largest absolute Gasteiger partial charge is 0.494 e. The molecule has 2 N–H and O–H groups in total. The Morgan fingerprint density at radius 2 is 1.81 bits per heavy atom. The fourth-order valence-corrected chi connectivity index (χ4v) is 3.87. The van der Waals surface area contributed by atoms with Gasteiger partial charge >= 0.3 is 0 Å². The van der Waals surface area contributed by atoms with Gasteiger partial charge in [-0.1, -0.05) is 30.3 Å². The van der Waals surface area contributed by atoms with E-state index in [1.807, 2.05) is 30.3 Å². The monoisotopic (exact) mass is 387 g/mol. The first kappa shape index (κ1) is 18.9. The van der Waals surface area contributed by atoms with Gasteiger partial charge in [-0.15, -0.1) is 0 Å². The van der Waals surface area contributed by atoms with Crippen LogP contribution in [0.3, 0.4) is 0 Å². The minimum Gasteiger partial charge on any atom is -0.494 e. The van der Waals surface area contributed by atoms with Crippen molar-refractivity contribution in [2.45, 2.75) is 17.7 Å². The van der Waals surface area contributed by atoms with Crippen molar-refractivity contribution in [3.63, 3.8) is 0 Å². The highest BCUT2D eigenvalue weighted by Gasteiger charge is 2.29. The molecule has 0 aromatic heterocycles. The molecule has 2 aromatic carbocycles. The summed E-state index contributed by atoms with van der Waals surface area (Å²) in [5, 5.41) is 2.80. The lowest BCUT2D eigenvalue weighted by Gasteiger charge is -2.07. The molecule has 0 radical (unpaired) electrons. The Hall–Kier alpha value is -2.87. The summed E-state index contributed by atoms with van der Waals surface area (Å²) in [4.78, 5) is 16.3. The predicted molar refractivity (Wildman–Crippen MR) is 102 cm³/mol. The maximum absolute atomic E-state index is 12.0. The third kappa shape index (κ3) is 5.07. The van der Waals surface area contributed by atoms with Crippen LogP contribution in [0.15, 0.2) is 64.5 Å². The number of rotatable bonds is 8. The molecule has 1 aliphatic rings. The summed E-state index contributed by atoms with van der Waals surface area (Å²) in [6, 6.07) is 16.1. The van der Waals surface area contributed by atoms with E-state index in [0.29, 0.717) is 25.1 Å². The molecule has 2 aromatic rings. The number of benzene rings is 2. The normalized spacial score (nSPS) is 15.8. The zero-order chi connectivity index (χ0) is 19.1. The number of para-hydroxylation sites is 1. The van der Waals surface area contributed by atoms with Gasteiger partial charge in [-0.25, -0.2) is 8.42 Å². The number of nitrogens with zero attached hydrogens (tertiary/aromatic N) is 1. The maximum atomic E-state index is 12.0. The van der Waals surface area contributed by atoms with Crippen LogP contribution in [-0.2, 0) is 14.8 Å². The van der Waals surface area contributed by atoms with Crippen molar-refractivity contribution in [3.8, 4) is 5.75 Å². The molecule has 0 unspecified atom stereocenters. The first-order chi connectivity index (χ1) is 13.1. The number of amides is 1. The second-order valence-electron chi connectivity index (χ2n) is 5.95. The van der Waals surface area contributed by atoms with Gasteiger partial charge in [-0.3, -0.25) is 14.5 Å². The van der Waals surface area contributed by atoms with Crippen molar-refractivity contribution < 1.29 is 17.9 Å². The number of carbonyl (C=O) groups is 1. The van der Waals surface area contributed by atoms with Crippen LogP contribution in [-0.4, -0.2) is 39.9 Å². The smallest absolute Gasteiger partial charge is 0.263 e. The van der Waals surface area contributed by atoms with Gasteiger partial charge in [-0.05, 0) is 30.7 Å². The fraction of sp³-hybridized carbons (Fsp3) is 0.263. The molecule has 7 nitrogen and oxygen atoms in total. The van der Waals surface area contributed by atoms with Crippen molar-refractivity contribution in [1.82, 2.24) is 10.0 Å². The molecule has 0 spiro atoms. The molecule has 27 heavy (non-hydrogen) atoms. The molecule has 1 amide bonds. The van der Waals surface area contributed by atoms with Crippen LogP contribution < -0.4 is 14.8 Å². The van der Waals surface area contributed by atoms with Crippen molar-refractivity contribution in [2.24, 2.45) is 4.99 Å². The molecular formula is C19H21N3O4S. The van der Waals surface area contributed by atoms with Crippen LogP contribution in [0.2, 0.25) is 0 Å². The van der Waals surface area contributed by atoms with E-state index in [1.165, 1.54) is 6.07 Å². The fourth-order valence-electron chi connectivity index (χ4n) is 2.62. The van der Waals surface area contributed by atoms with Crippen LogP contribution in [0, 0.1) is 0 Å². The summed E-state index contributed by atoms with van der Waals surface area (Å²) in [5.74, 6) is 0.960. The van der Waals surface area contributed by atoms with Gasteiger partial charge in [0.2, 0.25) is 5.91 Å². The molecule has 0 saturated heterocycles. The molecule has 0 saturated carbocycles. The molecule has 0 fully saturated rings. The summed E-state index contributed by atoms with van der Waals surface area (Å²) in [6.45, 7) is 1.24. The number of hydrogen-bond acceptors (Lipinski definition) is 5. The zero-order valence-corrected chi connectivity index (χ0v) is 15.5. The summed E-state index contributed by atoms with van der Waals surface area (Å²) in [5.41, 5.74) is 0.538. The lowest BCUT2D eigenvalue weighted by atomic mass is 10.2.